The highest BCUT2D eigenvalue weighted by Crippen LogP contribution is 2.38. The second-order valence-corrected chi connectivity index (χ2v) is 6.23. The molecule has 0 aliphatic carbocycles. The van der Waals surface area contributed by atoms with Crippen molar-refractivity contribution in [2.75, 3.05) is 13.1 Å². The summed E-state index contributed by atoms with van der Waals surface area (Å²) in [4.78, 5) is 16.5. The normalized spacial score (nSPS) is 18.0. The number of para-hydroxylation sites is 1. The summed E-state index contributed by atoms with van der Waals surface area (Å²) in [5.74, 6) is 0.314. The predicted octanol–water partition coefficient (Wildman–Crippen LogP) is 3.91. The number of rotatable bonds is 5. The lowest BCUT2D eigenvalue weighted by molar-refractivity contribution is 0.0696. The molecule has 2 aromatic rings. The van der Waals surface area contributed by atoms with E-state index in [1.165, 1.54) is 0 Å². The van der Waals surface area contributed by atoms with Crippen LogP contribution in [0.25, 0.3) is 10.9 Å². The van der Waals surface area contributed by atoms with Crippen molar-refractivity contribution in [1.82, 2.24) is 10.3 Å². The topological polar surface area (TPSA) is 44.9 Å². The average Bonchev–Trinajstić information content (AvgIpc) is 2.97. The Bertz CT molecular complexity index is 590. The zero-order valence-electron chi connectivity index (χ0n) is 12.7. The molecule has 1 fully saturated rings. The van der Waals surface area contributed by atoms with Gasteiger partial charge in [-0.15, -0.1) is 0 Å². The highest BCUT2D eigenvalue weighted by atomic mass is 16.1. The van der Waals surface area contributed by atoms with E-state index in [-0.39, 0.29) is 5.41 Å². The molecule has 1 aliphatic rings. The van der Waals surface area contributed by atoms with E-state index < -0.39 is 0 Å². The van der Waals surface area contributed by atoms with Crippen molar-refractivity contribution in [2.24, 2.45) is 5.41 Å². The Hall–Kier alpha value is -1.61. The first-order chi connectivity index (χ1) is 10.2. The number of hydrogen-bond donors (Lipinski definition) is 2. The number of benzene rings is 1. The lowest BCUT2D eigenvalue weighted by atomic mass is 9.71. The van der Waals surface area contributed by atoms with Gasteiger partial charge in [0.05, 0.1) is 5.69 Å². The summed E-state index contributed by atoms with van der Waals surface area (Å²) < 4.78 is 0. The van der Waals surface area contributed by atoms with E-state index in [0.29, 0.717) is 5.78 Å². The summed E-state index contributed by atoms with van der Waals surface area (Å²) in [5.41, 5.74) is 1.68. The van der Waals surface area contributed by atoms with Gasteiger partial charge < -0.3 is 10.3 Å². The number of fused-ring (bicyclic) bond motifs is 1. The maximum absolute atomic E-state index is 13.1. The fraction of sp³-hybridized carbons (Fsp3) is 0.500. The van der Waals surface area contributed by atoms with Crippen LogP contribution in [0.4, 0.5) is 0 Å². The second-order valence-electron chi connectivity index (χ2n) is 6.23. The number of unbranched alkanes of at least 4 members (excludes halogenated alkanes) is 1. The van der Waals surface area contributed by atoms with E-state index >= 15 is 0 Å². The summed E-state index contributed by atoms with van der Waals surface area (Å²) >= 11 is 0. The third-order valence-corrected chi connectivity index (χ3v) is 4.83. The van der Waals surface area contributed by atoms with Crippen LogP contribution in [0.15, 0.2) is 30.3 Å². The van der Waals surface area contributed by atoms with Gasteiger partial charge in [0.2, 0.25) is 0 Å². The van der Waals surface area contributed by atoms with Crippen LogP contribution in [0, 0.1) is 5.41 Å². The van der Waals surface area contributed by atoms with Crippen molar-refractivity contribution in [1.29, 1.82) is 0 Å². The number of carbonyl (C=O) groups is 1. The molecular weight excluding hydrogens is 260 g/mol. The van der Waals surface area contributed by atoms with E-state index in [9.17, 15) is 4.79 Å². The smallest absolute Gasteiger partial charge is 0.185 e. The van der Waals surface area contributed by atoms with Gasteiger partial charge in [0.25, 0.3) is 0 Å². The molecule has 1 aliphatic heterocycles. The minimum atomic E-state index is -0.165. The van der Waals surface area contributed by atoms with Crippen molar-refractivity contribution in [3.8, 4) is 0 Å². The summed E-state index contributed by atoms with van der Waals surface area (Å²) in [6.07, 6.45) is 5.21. The van der Waals surface area contributed by atoms with E-state index in [1.54, 1.807) is 0 Å². The van der Waals surface area contributed by atoms with Crippen LogP contribution in [0.5, 0.6) is 0 Å². The van der Waals surface area contributed by atoms with Crippen molar-refractivity contribution in [2.45, 2.75) is 39.0 Å². The summed E-state index contributed by atoms with van der Waals surface area (Å²) in [6, 6.07) is 10.1. The van der Waals surface area contributed by atoms with Gasteiger partial charge in [0.15, 0.2) is 5.78 Å². The molecule has 0 radical (unpaired) electrons. The largest absolute Gasteiger partial charge is 0.352 e. The molecule has 1 saturated heterocycles. The Balaban J connectivity index is 1.92. The first-order valence-electron chi connectivity index (χ1n) is 8.08. The van der Waals surface area contributed by atoms with Gasteiger partial charge in [-0.05, 0) is 44.5 Å². The van der Waals surface area contributed by atoms with Crippen molar-refractivity contribution in [3.05, 3.63) is 36.0 Å². The molecule has 21 heavy (non-hydrogen) atoms. The average molecular weight is 284 g/mol. The Morgan fingerprint density at radius 1 is 1.24 bits per heavy atom. The zero-order chi connectivity index (χ0) is 14.7. The predicted molar refractivity (Wildman–Crippen MR) is 86.7 cm³/mol. The molecule has 2 heterocycles. The number of H-pyrrole nitrogens is 1. The van der Waals surface area contributed by atoms with Gasteiger partial charge in [0.1, 0.15) is 0 Å². The first kappa shape index (κ1) is 14.3. The number of nitrogens with one attached hydrogen (secondary N) is 2. The monoisotopic (exact) mass is 284 g/mol. The molecule has 112 valence electrons. The lowest BCUT2D eigenvalue weighted by Crippen LogP contribution is -2.42. The Kier molecular flexibility index (Phi) is 4.11. The van der Waals surface area contributed by atoms with Gasteiger partial charge in [-0.25, -0.2) is 0 Å². The fourth-order valence-corrected chi connectivity index (χ4v) is 3.49. The number of aromatic amines is 1. The molecule has 1 aromatic heterocycles. The molecule has 3 rings (SSSR count). The highest BCUT2D eigenvalue weighted by Gasteiger charge is 2.39. The van der Waals surface area contributed by atoms with Gasteiger partial charge in [-0.2, -0.15) is 0 Å². The fourth-order valence-electron chi connectivity index (χ4n) is 3.49. The van der Waals surface area contributed by atoms with Crippen LogP contribution >= 0.6 is 0 Å². The lowest BCUT2D eigenvalue weighted by Gasteiger charge is -2.36. The van der Waals surface area contributed by atoms with Crippen LogP contribution in [0.1, 0.15) is 49.5 Å². The first-order valence-corrected chi connectivity index (χ1v) is 8.08. The molecular formula is C18H24N2O. The Labute approximate surface area is 126 Å². The molecule has 2 N–H and O–H groups in total. The highest BCUT2D eigenvalue weighted by molar-refractivity contribution is 6.02. The van der Waals surface area contributed by atoms with Crippen LogP contribution < -0.4 is 5.32 Å². The minimum absolute atomic E-state index is 0.165. The Morgan fingerprint density at radius 2 is 2.00 bits per heavy atom. The zero-order valence-corrected chi connectivity index (χ0v) is 12.7. The quantitative estimate of drug-likeness (QED) is 0.818. The molecule has 0 atom stereocenters. The van der Waals surface area contributed by atoms with Crippen LogP contribution in [0.2, 0.25) is 0 Å². The number of piperidine rings is 1. The van der Waals surface area contributed by atoms with Crippen LogP contribution in [-0.4, -0.2) is 23.9 Å². The van der Waals surface area contributed by atoms with Gasteiger partial charge in [-0.1, -0.05) is 38.0 Å². The number of Topliss-reactive ketones (excluding diaryl/α,β-unsaturated/α-hetero) is 1. The van der Waals surface area contributed by atoms with Gasteiger partial charge in [0, 0.05) is 16.3 Å². The molecule has 0 spiro atoms. The number of aromatic nitrogens is 1. The SMILES string of the molecule is CCCCC1(C(=O)c2cc3ccccc3[nH]2)CCNCC1. The molecule has 0 saturated carbocycles. The van der Waals surface area contributed by atoms with E-state index in [2.05, 4.69) is 23.3 Å². The van der Waals surface area contributed by atoms with Crippen molar-refractivity contribution in [3.63, 3.8) is 0 Å². The molecule has 3 nitrogen and oxygen atoms in total. The summed E-state index contributed by atoms with van der Waals surface area (Å²) in [6.45, 7) is 4.10. The van der Waals surface area contributed by atoms with Gasteiger partial charge >= 0.3 is 0 Å². The van der Waals surface area contributed by atoms with Crippen LogP contribution in [0.3, 0.4) is 0 Å². The maximum Gasteiger partial charge on any atom is 0.185 e. The molecule has 0 unspecified atom stereocenters. The summed E-state index contributed by atoms with van der Waals surface area (Å²) in [7, 11) is 0. The van der Waals surface area contributed by atoms with Crippen molar-refractivity contribution < 1.29 is 4.79 Å². The Morgan fingerprint density at radius 3 is 2.71 bits per heavy atom. The van der Waals surface area contributed by atoms with E-state index in [1.807, 2.05) is 24.3 Å². The maximum atomic E-state index is 13.1. The molecule has 0 bridgehead atoms. The minimum Gasteiger partial charge on any atom is -0.352 e. The third kappa shape index (κ3) is 2.75. The van der Waals surface area contributed by atoms with Crippen LogP contribution in [-0.2, 0) is 0 Å². The van der Waals surface area contributed by atoms with E-state index in [4.69, 9.17) is 0 Å². The van der Waals surface area contributed by atoms with Gasteiger partial charge in [-0.3, -0.25) is 4.79 Å². The third-order valence-electron chi connectivity index (χ3n) is 4.83. The number of hydrogen-bond acceptors (Lipinski definition) is 2. The van der Waals surface area contributed by atoms with Crippen molar-refractivity contribution >= 4 is 16.7 Å². The standard InChI is InChI=1S/C18H24N2O/c1-2-3-8-18(9-11-19-12-10-18)17(21)16-13-14-6-4-5-7-15(14)20-16/h4-7,13,19-20H,2-3,8-12H2,1H3. The number of ketones is 1. The summed E-state index contributed by atoms with van der Waals surface area (Å²) in [5, 5.41) is 4.51. The molecule has 0 amide bonds. The van der Waals surface area contributed by atoms with E-state index in [0.717, 1.165) is 61.8 Å². The number of carbonyl (C=O) groups excluding carboxylic acids is 1. The molecule has 3 heteroatoms. The molecule has 1 aromatic carbocycles. The second kappa shape index (κ2) is 6.02.